The van der Waals surface area contributed by atoms with E-state index in [-0.39, 0.29) is 11.3 Å². The van der Waals surface area contributed by atoms with Gasteiger partial charge in [-0.05, 0) is 44.1 Å². The molecule has 1 aromatic rings. The van der Waals surface area contributed by atoms with Crippen molar-refractivity contribution in [2.24, 2.45) is 0 Å². The average molecular weight is 427 g/mol. The molecule has 0 bridgehead atoms. The van der Waals surface area contributed by atoms with Crippen LogP contribution in [0.25, 0.3) is 5.70 Å². The molecular formula is C20H25F3N4OS. The van der Waals surface area contributed by atoms with Crippen molar-refractivity contribution in [3.05, 3.63) is 42.2 Å². The van der Waals surface area contributed by atoms with Crippen LogP contribution in [0.15, 0.2) is 31.1 Å². The smallest absolute Gasteiger partial charge is 0.375 e. The molecule has 0 radical (unpaired) electrons. The molecule has 0 aromatic heterocycles. The van der Waals surface area contributed by atoms with Crippen LogP contribution in [0, 0.1) is 0 Å². The van der Waals surface area contributed by atoms with Crippen molar-refractivity contribution in [3.8, 4) is 0 Å². The molecule has 1 aromatic carbocycles. The molecule has 0 aliphatic carbocycles. The van der Waals surface area contributed by atoms with Crippen LogP contribution in [0.3, 0.4) is 0 Å². The first-order valence-electron chi connectivity index (χ1n) is 9.62. The lowest BCUT2D eigenvalue weighted by atomic mass is 9.88. The fourth-order valence-corrected chi connectivity index (χ4v) is 4.82. The standard InChI is InChI=1S/C20H25F3N4OS/c1-13-15-11-18(26-8-6-19(7-9-26)5-4-10-28-19)16(20(21,22)23)12-17(15)24-14(2)27(13)25-29-3/h11-12,24-25H,1-2,4-10H2,3H3. The van der Waals surface area contributed by atoms with E-state index in [9.17, 15) is 13.2 Å². The average Bonchev–Trinajstić information content (AvgIpc) is 3.12. The lowest BCUT2D eigenvalue weighted by molar-refractivity contribution is -0.137. The molecule has 9 heteroatoms. The summed E-state index contributed by atoms with van der Waals surface area (Å²) < 4.78 is 47.7. The molecule has 29 heavy (non-hydrogen) atoms. The summed E-state index contributed by atoms with van der Waals surface area (Å²) in [7, 11) is 0. The third-order valence-corrected chi connectivity index (χ3v) is 6.32. The third kappa shape index (κ3) is 3.71. The first-order chi connectivity index (χ1) is 13.7. The van der Waals surface area contributed by atoms with Gasteiger partial charge in [0.2, 0.25) is 0 Å². The maximum Gasteiger partial charge on any atom is 0.418 e. The monoisotopic (exact) mass is 426 g/mol. The maximum absolute atomic E-state index is 13.9. The second-order valence-corrected chi connectivity index (χ2v) is 8.27. The van der Waals surface area contributed by atoms with Crippen molar-refractivity contribution in [2.45, 2.75) is 37.5 Å². The number of hydrogen-bond acceptors (Lipinski definition) is 6. The number of ether oxygens (including phenoxy) is 1. The van der Waals surface area contributed by atoms with Crippen molar-refractivity contribution in [1.82, 2.24) is 9.84 Å². The minimum atomic E-state index is -4.46. The summed E-state index contributed by atoms with van der Waals surface area (Å²) in [4.78, 5) is 4.87. The van der Waals surface area contributed by atoms with E-state index in [1.54, 1.807) is 11.1 Å². The van der Waals surface area contributed by atoms with Crippen LogP contribution < -0.4 is 15.0 Å². The van der Waals surface area contributed by atoms with Crippen LogP contribution in [0.1, 0.15) is 36.8 Å². The van der Waals surface area contributed by atoms with E-state index in [4.69, 9.17) is 4.74 Å². The van der Waals surface area contributed by atoms with E-state index < -0.39 is 11.7 Å². The fraction of sp³-hybridized carbons (Fsp3) is 0.500. The number of hydrazine groups is 1. The molecule has 0 saturated carbocycles. The number of nitrogens with zero attached hydrogens (tertiary/aromatic N) is 2. The highest BCUT2D eigenvalue weighted by Gasteiger charge is 2.42. The van der Waals surface area contributed by atoms with Gasteiger partial charge in [-0.3, -0.25) is 5.01 Å². The minimum absolute atomic E-state index is 0.148. The molecule has 0 atom stereocenters. The number of nitrogens with one attached hydrogen (secondary N) is 2. The summed E-state index contributed by atoms with van der Waals surface area (Å²) in [5.74, 6) is 0.427. The Morgan fingerprint density at radius 3 is 2.52 bits per heavy atom. The fourth-order valence-electron chi connectivity index (χ4n) is 4.42. The number of alkyl halides is 3. The molecule has 2 saturated heterocycles. The SMILES string of the molecule is C=C1Nc2cc(C(F)(F)F)c(N3CCC4(CCCO4)CC3)cc2C(=C)N1NSC. The molecular weight excluding hydrogens is 401 g/mol. The lowest BCUT2D eigenvalue weighted by Gasteiger charge is -2.41. The zero-order valence-electron chi connectivity index (χ0n) is 16.4. The van der Waals surface area contributed by atoms with Gasteiger partial charge in [0, 0.05) is 36.6 Å². The zero-order chi connectivity index (χ0) is 20.8. The van der Waals surface area contributed by atoms with Crippen molar-refractivity contribution < 1.29 is 17.9 Å². The van der Waals surface area contributed by atoms with E-state index in [0.29, 0.717) is 35.9 Å². The number of hydrogen-bond donors (Lipinski definition) is 2. The Kier molecular flexibility index (Phi) is 5.25. The van der Waals surface area contributed by atoms with Crippen LogP contribution in [0.5, 0.6) is 0 Å². The van der Waals surface area contributed by atoms with Crippen molar-refractivity contribution >= 4 is 29.0 Å². The largest absolute Gasteiger partial charge is 0.418 e. The summed E-state index contributed by atoms with van der Waals surface area (Å²) in [6.45, 7) is 9.79. The highest BCUT2D eigenvalue weighted by Crippen LogP contribution is 2.45. The summed E-state index contributed by atoms with van der Waals surface area (Å²) in [5.41, 5.74) is 0.955. The number of halogens is 3. The second-order valence-electron chi connectivity index (χ2n) is 7.68. The molecule has 4 rings (SSSR count). The van der Waals surface area contributed by atoms with E-state index in [0.717, 1.165) is 32.3 Å². The van der Waals surface area contributed by atoms with Gasteiger partial charge in [-0.15, -0.1) is 0 Å². The van der Waals surface area contributed by atoms with Gasteiger partial charge in [0.25, 0.3) is 0 Å². The molecule has 5 nitrogen and oxygen atoms in total. The predicted octanol–water partition coefficient (Wildman–Crippen LogP) is 4.81. The molecule has 1 spiro atoms. The van der Waals surface area contributed by atoms with Gasteiger partial charge < -0.3 is 15.0 Å². The van der Waals surface area contributed by atoms with E-state index in [1.165, 1.54) is 18.0 Å². The Labute approximate surface area is 173 Å². The van der Waals surface area contributed by atoms with Gasteiger partial charge in [0.15, 0.2) is 0 Å². The van der Waals surface area contributed by atoms with Gasteiger partial charge in [-0.25, -0.2) is 0 Å². The normalized spacial score (nSPS) is 21.5. The highest BCUT2D eigenvalue weighted by molar-refractivity contribution is 7.96. The summed E-state index contributed by atoms with van der Waals surface area (Å²) >= 11 is 1.35. The quantitative estimate of drug-likeness (QED) is 0.677. The Morgan fingerprint density at radius 1 is 1.21 bits per heavy atom. The Morgan fingerprint density at radius 2 is 1.93 bits per heavy atom. The topological polar surface area (TPSA) is 39.8 Å². The number of rotatable bonds is 3. The molecule has 3 heterocycles. The van der Waals surface area contributed by atoms with E-state index in [2.05, 4.69) is 23.3 Å². The number of fused-ring (bicyclic) bond motifs is 1. The van der Waals surface area contributed by atoms with Gasteiger partial charge in [-0.2, -0.15) is 18.0 Å². The highest BCUT2D eigenvalue weighted by atomic mass is 32.2. The molecule has 0 amide bonds. The summed E-state index contributed by atoms with van der Waals surface area (Å²) in [5, 5.41) is 4.60. The third-order valence-electron chi connectivity index (χ3n) is 5.95. The number of benzene rings is 1. The van der Waals surface area contributed by atoms with E-state index in [1.807, 2.05) is 11.2 Å². The second kappa shape index (κ2) is 7.45. The maximum atomic E-state index is 13.9. The molecule has 3 aliphatic heterocycles. The van der Waals surface area contributed by atoms with Gasteiger partial charge in [0.05, 0.1) is 16.9 Å². The van der Waals surface area contributed by atoms with Crippen molar-refractivity contribution in [3.63, 3.8) is 0 Å². The van der Waals surface area contributed by atoms with Crippen LogP contribution in [-0.4, -0.2) is 36.6 Å². The summed E-state index contributed by atoms with van der Waals surface area (Å²) in [6, 6.07) is 2.77. The molecule has 158 valence electrons. The Hall–Kier alpha value is -1.84. The van der Waals surface area contributed by atoms with Crippen LogP contribution >= 0.6 is 11.9 Å². The Balaban J connectivity index is 1.70. The lowest BCUT2D eigenvalue weighted by Crippen LogP contribution is -2.44. The van der Waals surface area contributed by atoms with Crippen molar-refractivity contribution in [1.29, 1.82) is 0 Å². The van der Waals surface area contributed by atoms with Gasteiger partial charge >= 0.3 is 6.18 Å². The van der Waals surface area contributed by atoms with Crippen LogP contribution in [-0.2, 0) is 10.9 Å². The Bertz CT molecular complexity index is 826. The van der Waals surface area contributed by atoms with Crippen LogP contribution in [0.2, 0.25) is 0 Å². The zero-order valence-corrected chi connectivity index (χ0v) is 17.2. The summed E-state index contributed by atoms with van der Waals surface area (Å²) in [6.07, 6.45) is 0.913. The van der Waals surface area contributed by atoms with Gasteiger partial charge in [0.1, 0.15) is 5.82 Å². The predicted molar refractivity (Wildman–Crippen MR) is 111 cm³/mol. The van der Waals surface area contributed by atoms with Crippen LogP contribution in [0.4, 0.5) is 24.5 Å². The van der Waals surface area contributed by atoms with E-state index >= 15 is 0 Å². The molecule has 2 N–H and O–H groups in total. The number of piperidine rings is 1. The minimum Gasteiger partial charge on any atom is -0.375 e. The van der Waals surface area contributed by atoms with Gasteiger partial charge in [-0.1, -0.05) is 25.1 Å². The first-order valence-corrected chi connectivity index (χ1v) is 10.8. The number of anilines is 2. The molecule has 2 fully saturated rings. The first kappa shape index (κ1) is 20.4. The molecule has 0 unspecified atom stereocenters. The molecule has 3 aliphatic rings. The van der Waals surface area contributed by atoms with Crippen molar-refractivity contribution in [2.75, 3.05) is 36.2 Å².